The lowest BCUT2D eigenvalue weighted by molar-refractivity contribution is -0.137. The summed E-state index contributed by atoms with van der Waals surface area (Å²) in [5, 5.41) is 0. The van der Waals surface area contributed by atoms with Crippen LogP contribution in [0.15, 0.2) is 48.6 Å². The zero-order valence-electron chi connectivity index (χ0n) is 17.2. The van der Waals surface area contributed by atoms with Crippen molar-refractivity contribution in [2.75, 3.05) is 20.8 Å². The minimum atomic E-state index is -1.20. The minimum absolute atomic E-state index is 0.0377. The first-order valence-electron chi connectivity index (χ1n) is 8.72. The summed E-state index contributed by atoms with van der Waals surface area (Å²) in [4.78, 5) is 35.3. The summed E-state index contributed by atoms with van der Waals surface area (Å²) in [7, 11) is 2.46. The van der Waals surface area contributed by atoms with Gasteiger partial charge in [-0.2, -0.15) is 0 Å². The fourth-order valence-corrected chi connectivity index (χ4v) is 2.11. The zero-order chi connectivity index (χ0) is 22.0. The maximum absolute atomic E-state index is 12.2. The Labute approximate surface area is 170 Å². The molecule has 0 heterocycles. The first-order chi connectivity index (χ1) is 13.6. The maximum atomic E-state index is 12.2. The molecule has 1 aromatic rings. The molecule has 1 rings (SSSR count). The normalized spacial score (nSPS) is 12.0. The van der Waals surface area contributed by atoms with Crippen molar-refractivity contribution < 1.29 is 38.1 Å². The highest BCUT2D eigenvalue weighted by molar-refractivity contribution is 5.89. The number of para-hydroxylation sites is 1. The summed E-state index contributed by atoms with van der Waals surface area (Å²) in [6, 6.07) is 6.62. The molecule has 0 aliphatic carbocycles. The van der Waals surface area contributed by atoms with E-state index in [2.05, 4.69) is 11.3 Å². The largest absolute Gasteiger partial charge is 0.509 e. The topological polar surface area (TPSA) is 97.4 Å². The first-order valence-corrected chi connectivity index (χ1v) is 8.72. The number of hydrogen-bond acceptors (Lipinski definition) is 8. The van der Waals surface area contributed by atoms with Gasteiger partial charge in [-0.15, -0.1) is 0 Å². The van der Waals surface area contributed by atoms with Crippen LogP contribution in [0.4, 0.5) is 4.79 Å². The number of carbonyl (C=O) groups is 3. The summed E-state index contributed by atoms with van der Waals surface area (Å²) < 4.78 is 25.4. The van der Waals surface area contributed by atoms with Crippen LogP contribution in [0.25, 0.3) is 0 Å². The van der Waals surface area contributed by atoms with Gasteiger partial charge in [0.15, 0.2) is 6.10 Å². The van der Waals surface area contributed by atoms with E-state index in [0.717, 1.165) is 0 Å². The van der Waals surface area contributed by atoms with Crippen molar-refractivity contribution in [1.29, 1.82) is 0 Å². The Morgan fingerprint density at radius 2 is 1.76 bits per heavy atom. The molecule has 1 atom stereocenters. The van der Waals surface area contributed by atoms with Gasteiger partial charge >= 0.3 is 18.1 Å². The third-order valence-electron chi connectivity index (χ3n) is 3.36. The molecule has 0 saturated carbocycles. The van der Waals surface area contributed by atoms with Gasteiger partial charge in [0, 0.05) is 11.6 Å². The number of esters is 2. The second-order valence-electron chi connectivity index (χ2n) is 6.75. The molecule has 8 heteroatoms. The Balaban J connectivity index is 3.13. The lowest BCUT2D eigenvalue weighted by Crippen LogP contribution is -2.27. The molecule has 0 amide bonds. The van der Waals surface area contributed by atoms with Crippen LogP contribution in [-0.4, -0.2) is 44.5 Å². The van der Waals surface area contributed by atoms with Crippen LogP contribution in [0.2, 0.25) is 0 Å². The number of ether oxygens (including phenoxy) is 5. The molecule has 1 aromatic carbocycles. The predicted molar refractivity (Wildman–Crippen MR) is 104 cm³/mol. The molecule has 0 spiro atoms. The summed E-state index contributed by atoms with van der Waals surface area (Å²) >= 11 is 0. The molecular weight excluding hydrogens is 380 g/mol. The molecule has 0 radical (unpaired) electrons. The van der Waals surface area contributed by atoms with E-state index in [-0.39, 0.29) is 12.2 Å². The van der Waals surface area contributed by atoms with E-state index in [0.29, 0.717) is 11.3 Å². The molecule has 0 aliphatic heterocycles. The molecule has 0 aliphatic rings. The van der Waals surface area contributed by atoms with Crippen molar-refractivity contribution in [2.45, 2.75) is 32.5 Å². The molecule has 0 N–H and O–H groups in total. The SMILES string of the molecule is C=C(C(=O)OC)C(OC(=O)OC(C)(C)C)c1ccccc1OC/C=C/C(=O)OC. The Kier molecular flexibility index (Phi) is 8.92. The molecule has 8 nitrogen and oxygen atoms in total. The van der Waals surface area contributed by atoms with Crippen LogP contribution in [0.1, 0.15) is 32.4 Å². The van der Waals surface area contributed by atoms with Crippen molar-refractivity contribution in [1.82, 2.24) is 0 Å². The highest BCUT2D eigenvalue weighted by Gasteiger charge is 2.30. The minimum Gasteiger partial charge on any atom is -0.489 e. The lowest BCUT2D eigenvalue weighted by atomic mass is 10.0. The summed E-state index contributed by atoms with van der Waals surface area (Å²) in [6.07, 6.45) is 0.498. The van der Waals surface area contributed by atoms with Crippen LogP contribution in [0.5, 0.6) is 5.75 Å². The maximum Gasteiger partial charge on any atom is 0.509 e. The van der Waals surface area contributed by atoms with Crippen LogP contribution >= 0.6 is 0 Å². The van der Waals surface area contributed by atoms with Crippen molar-refractivity contribution >= 4 is 18.1 Å². The third-order valence-corrected chi connectivity index (χ3v) is 3.36. The van der Waals surface area contributed by atoms with Crippen molar-refractivity contribution in [2.24, 2.45) is 0 Å². The van der Waals surface area contributed by atoms with E-state index in [1.807, 2.05) is 0 Å². The van der Waals surface area contributed by atoms with Gasteiger partial charge in [-0.3, -0.25) is 0 Å². The number of rotatable bonds is 8. The molecule has 0 bridgehead atoms. The van der Waals surface area contributed by atoms with Gasteiger partial charge in [-0.25, -0.2) is 14.4 Å². The Bertz CT molecular complexity index is 773. The van der Waals surface area contributed by atoms with Gasteiger partial charge in [0.25, 0.3) is 0 Å². The second-order valence-corrected chi connectivity index (χ2v) is 6.75. The standard InChI is InChI=1S/C21H26O8/c1-14(19(23)26-6)18(28-20(24)29-21(2,3)4)15-10-7-8-11-16(15)27-13-9-12-17(22)25-5/h7-12,18H,1,13H2,2-6H3/b12-9+. The first kappa shape index (κ1) is 23.7. The summed E-state index contributed by atoms with van der Waals surface area (Å²) in [5.41, 5.74) is -0.539. The summed E-state index contributed by atoms with van der Waals surface area (Å²) in [5.74, 6) is -0.952. The van der Waals surface area contributed by atoms with Crippen molar-refractivity contribution in [3.63, 3.8) is 0 Å². The van der Waals surface area contributed by atoms with Gasteiger partial charge in [-0.05, 0) is 32.9 Å². The van der Waals surface area contributed by atoms with Gasteiger partial charge in [-0.1, -0.05) is 24.8 Å². The monoisotopic (exact) mass is 406 g/mol. The van der Waals surface area contributed by atoms with Crippen molar-refractivity contribution in [3.8, 4) is 5.75 Å². The van der Waals surface area contributed by atoms with E-state index in [1.165, 1.54) is 26.4 Å². The predicted octanol–water partition coefficient (Wildman–Crippen LogP) is 3.52. The number of carbonyl (C=O) groups excluding carboxylic acids is 3. The smallest absolute Gasteiger partial charge is 0.489 e. The highest BCUT2D eigenvalue weighted by Crippen LogP contribution is 2.33. The molecule has 0 saturated heterocycles. The molecule has 1 unspecified atom stereocenters. The van der Waals surface area contributed by atoms with Crippen LogP contribution in [0.3, 0.4) is 0 Å². The molecular formula is C21H26O8. The fraction of sp³-hybridized carbons (Fsp3) is 0.381. The lowest BCUT2D eigenvalue weighted by Gasteiger charge is -2.24. The van der Waals surface area contributed by atoms with Crippen LogP contribution in [0, 0.1) is 0 Å². The van der Waals surface area contributed by atoms with Gasteiger partial charge < -0.3 is 23.7 Å². The Morgan fingerprint density at radius 1 is 1.10 bits per heavy atom. The molecule has 0 fully saturated rings. The average molecular weight is 406 g/mol. The Hall–Kier alpha value is -3.29. The van der Waals surface area contributed by atoms with Gasteiger partial charge in [0.1, 0.15) is 18.0 Å². The quantitative estimate of drug-likeness (QED) is 0.367. The van der Waals surface area contributed by atoms with Gasteiger partial charge in [0.05, 0.1) is 19.8 Å². The third kappa shape index (κ3) is 8.08. The van der Waals surface area contributed by atoms with Crippen molar-refractivity contribution in [3.05, 3.63) is 54.1 Å². The van der Waals surface area contributed by atoms with E-state index in [1.54, 1.807) is 45.0 Å². The summed E-state index contributed by atoms with van der Waals surface area (Å²) in [6.45, 7) is 8.77. The molecule has 0 aromatic heterocycles. The molecule has 158 valence electrons. The second kappa shape index (κ2) is 10.9. The number of hydrogen-bond donors (Lipinski definition) is 0. The van der Waals surface area contributed by atoms with Crippen LogP contribution < -0.4 is 4.74 Å². The highest BCUT2D eigenvalue weighted by atomic mass is 16.7. The Morgan fingerprint density at radius 3 is 2.34 bits per heavy atom. The zero-order valence-corrected chi connectivity index (χ0v) is 17.2. The van der Waals surface area contributed by atoms with E-state index in [4.69, 9.17) is 18.9 Å². The molecule has 29 heavy (non-hydrogen) atoms. The van der Waals surface area contributed by atoms with Crippen LogP contribution in [-0.2, 0) is 28.5 Å². The average Bonchev–Trinajstić information content (AvgIpc) is 2.67. The number of benzene rings is 1. The van der Waals surface area contributed by atoms with Gasteiger partial charge in [0.2, 0.25) is 0 Å². The van der Waals surface area contributed by atoms with E-state index in [9.17, 15) is 14.4 Å². The van der Waals surface area contributed by atoms with E-state index >= 15 is 0 Å². The van der Waals surface area contributed by atoms with E-state index < -0.39 is 29.8 Å². The number of methoxy groups -OCH3 is 2. The fourth-order valence-electron chi connectivity index (χ4n) is 2.11.